The number of rotatable bonds is 3. The lowest BCUT2D eigenvalue weighted by molar-refractivity contribution is 0.0668. The Labute approximate surface area is 115 Å². The van der Waals surface area contributed by atoms with E-state index in [-0.39, 0.29) is 5.91 Å². The molecule has 19 heavy (non-hydrogen) atoms. The molecule has 0 bridgehead atoms. The third-order valence-corrected chi connectivity index (χ3v) is 4.09. The van der Waals surface area contributed by atoms with E-state index in [1.165, 1.54) is 0 Å². The van der Waals surface area contributed by atoms with Gasteiger partial charge in [-0.05, 0) is 30.7 Å². The Morgan fingerprint density at radius 2 is 2.11 bits per heavy atom. The van der Waals surface area contributed by atoms with Crippen LogP contribution in [-0.2, 0) is 0 Å². The molecule has 104 valence electrons. The van der Waals surface area contributed by atoms with Gasteiger partial charge in [-0.15, -0.1) is 0 Å². The number of likely N-dealkylation sites (tertiary alicyclic amines) is 1. The lowest BCUT2D eigenvalue weighted by Gasteiger charge is -2.34. The number of pyridine rings is 1. The summed E-state index contributed by atoms with van der Waals surface area (Å²) in [6, 6.07) is 1.79. The molecule has 0 unspecified atom stereocenters. The van der Waals surface area contributed by atoms with E-state index < -0.39 is 0 Å². The highest BCUT2D eigenvalue weighted by atomic mass is 16.2. The van der Waals surface area contributed by atoms with Crippen molar-refractivity contribution in [2.24, 2.45) is 11.8 Å². The number of carbonyl (C=O) groups is 1. The van der Waals surface area contributed by atoms with Crippen molar-refractivity contribution in [3.05, 3.63) is 24.0 Å². The van der Waals surface area contributed by atoms with Gasteiger partial charge in [0.05, 0.1) is 17.4 Å². The van der Waals surface area contributed by atoms with Crippen LogP contribution in [0.4, 0.5) is 5.69 Å². The number of hydrogen-bond acceptors (Lipinski definition) is 3. The summed E-state index contributed by atoms with van der Waals surface area (Å²) in [6.07, 6.45) is 5.61. The summed E-state index contributed by atoms with van der Waals surface area (Å²) in [5, 5.41) is 3.03. The second kappa shape index (κ2) is 6.04. The molecule has 0 atom stereocenters. The molecule has 1 aliphatic rings. The molecule has 1 aromatic rings. The zero-order chi connectivity index (χ0) is 13.8. The first-order valence-electron chi connectivity index (χ1n) is 7.04. The van der Waals surface area contributed by atoms with Gasteiger partial charge in [-0.25, -0.2) is 0 Å². The van der Waals surface area contributed by atoms with E-state index in [9.17, 15) is 4.79 Å². The number of nitrogens with one attached hydrogen (secondary N) is 1. The summed E-state index contributed by atoms with van der Waals surface area (Å²) in [6.45, 7) is 6.27. The van der Waals surface area contributed by atoms with Crippen LogP contribution in [0.25, 0.3) is 0 Å². The third kappa shape index (κ3) is 3.06. The standard InChI is InChI=1S/C15H23N3O/c1-11(2)12-5-8-18(9-6-12)15(19)13-4-7-17-10-14(13)16-3/h4,7,10-12,16H,5-6,8-9H2,1-3H3. The molecule has 0 aromatic carbocycles. The largest absolute Gasteiger partial charge is 0.386 e. The van der Waals surface area contributed by atoms with Gasteiger partial charge in [0, 0.05) is 26.3 Å². The molecule has 1 N–H and O–H groups in total. The number of piperidine rings is 1. The first-order valence-corrected chi connectivity index (χ1v) is 7.04. The Morgan fingerprint density at radius 1 is 1.42 bits per heavy atom. The van der Waals surface area contributed by atoms with Gasteiger partial charge in [0.15, 0.2) is 0 Å². The van der Waals surface area contributed by atoms with Crippen LogP contribution in [0.2, 0.25) is 0 Å². The van der Waals surface area contributed by atoms with Gasteiger partial charge in [-0.3, -0.25) is 9.78 Å². The predicted molar refractivity (Wildman–Crippen MR) is 77.2 cm³/mol. The van der Waals surface area contributed by atoms with Crippen LogP contribution in [0.1, 0.15) is 37.0 Å². The van der Waals surface area contributed by atoms with Crippen molar-refractivity contribution in [3.63, 3.8) is 0 Å². The fraction of sp³-hybridized carbons (Fsp3) is 0.600. The van der Waals surface area contributed by atoms with Crippen molar-refractivity contribution in [1.82, 2.24) is 9.88 Å². The molecule has 0 radical (unpaired) electrons. The van der Waals surface area contributed by atoms with Crippen molar-refractivity contribution in [2.75, 3.05) is 25.5 Å². The molecule has 1 aromatic heterocycles. The maximum Gasteiger partial charge on any atom is 0.256 e. The molecule has 1 aliphatic heterocycles. The predicted octanol–water partition coefficient (Wildman–Crippen LogP) is 2.63. The summed E-state index contributed by atoms with van der Waals surface area (Å²) in [7, 11) is 1.82. The van der Waals surface area contributed by atoms with Gasteiger partial charge in [-0.2, -0.15) is 0 Å². The summed E-state index contributed by atoms with van der Waals surface area (Å²) < 4.78 is 0. The molecular weight excluding hydrogens is 238 g/mol. The van der Waals surface area contributed by atoms with E-state index >= 15 is 0 Å². The lowest BCUT2D eigenvalue weighted by atomic mass is 9.86. The number of carbonyl (C=O) groups excluding carboxylic acids is 1. The smallest absolute Gasteiger partial charge is 0.256 e. The van der Waals surface area contributed by atoms with Gasteiger partial charge in [0.1, 0.15) is 0 Å². The second-order valence-electron chi connectivity index (χ2n) is 5.54. The van der Waals surface area contributed by atoms with Crippen molar-refractivity contribution in [3.8, 4) is 0 Å². The molecule has 0 saturated carbocycles. The van der Waals surface area contributed by atoms with E-state index in [2.05, 4.69) is 24.1 Å². The Bertz CT molecular complexity index is 437. The number of aromatic nitrogens is 1. The van der Waals surface area contributed by atoms with Crippen molar-refractivity contribution in [1.29, 1.82) is 0 Å². The van der Waals surface area contributed by atoms with Crippen molar-refractivity contribution < 1.29 is 4.79 Å². The average molecular weight is 261 g/mol. The number of anilines is 1. The highest BCUT2D eigenvalue weighted by Gasteiger charge is 2.26. The van der Waals surface area contributed by atoms with E-state index in [0.29, 0.717) is 5.92 Å². The Balaban J connectivity index is 2.05. The molecule has 0 aliphatic carbocycles. The van der Waals surface area contributed by atoms with E-state index in [1.54, 1.807) is 18.5 Å². The highest BCUT2D eigenvalue weighted by Crippen LogP contribution is 2.26. The molecule has 0 spiro atoms. The van der Waals surface area contributed by atoms with E-state index in [1.807, 2.05) is 11.9 Å². The second-order valence-corrected chi connectivity index (χ2v) is 5.54. The number of hydrogen-bond donors (Lipinski definition) is 1. The maximum absolute atomic E-state index is 12.5. The SMILES string of the molecule is CNc1cnccc1C(=O)N1CCC(C(C)C)CC1. The minimum absolute atomic E-state index is 0.119. The molecule has 4 heteroatoms. The van der Waals surface area contributed by atoms with Crippen LogP contribution in [0, 0.1) is 11.8 Å². The van der Waals surface area contributed by atoms with Crippen LogP contribution in [0.5, 0.6) is 0 Å². The normalized spacial score (nSPS) is 16.7. The van der Waals surface area contributed by atoms with Crippen LogP contribution >= 0.6 is 0 Å². The number of amides is 1. The van der Waals surface area contributed by atoms with Gasteiger partial charge in [-0.1, -0.05) is 13.8 Å². The first kappa shape index (κ1) is 13.8. The lowest BCUT2D eigenvalue weighted by Crippen LogP contribution is -2.39. The summed E-state index contributed by atoms with van der Waals surface area (Å²) in [4.78, 5) is 18.5. The van der Waals surface area contributed by atoms with Crippen LogP contribution in [-0.4, -0.2) is 35.9 Å². The topological polar surface area (TPSA) is 45.2 Å². The Morgan fingerprint density at radius 3 is 2.68 bits per heavy atom. The molecule has 4 nitrogen and oxygen atoms in total. The minimum atomic E-state index is 0.119. The summed E-state index contributed by atoms with van der Waals surface area (Å²) in [5.74, 6) is 1.59. The average Bonchev–Trinajstić information content (AvgIpc) is 2.46. The molecule has 2 heterocycles. The van der Waals surface area contributed by atoms with Crippen LogP contribution in [0.15, 0.2) is 18.5 Å². The monoisotopic (exact) mass is 261 g/mol. The highest BCUT2D eigenvalue weighted by molar-refractivity contribution is 5.99. The van der Waals surface area contributed by atoms with Crippen molar-refractivity contribution in [2.45, 2.75) is 26.7 Å². The zero-order valence-electron chi connectivity index (χ0n) is 12.0. The maximum atomic E-state index is 12.5. The van der Waals surface area contributed by atoms with E-state index in [4.69, 9.17) is 0 Å². The zero-order valence-corrected chi connectivity index (χ0v) is 12.0. The molecular formula is C15H23N3O. The molecule has 2 rings (SSSR count). The van der Waals surface area contributed by atoms with Crippen LogP contribution < -0.4 is 5.32 Å². The first-order chi connectivity index (χ1) is 9.13. The summed E-state index contributed by atoms with van der Waals surface area (Å²) >= 11 is 0. The van der Waals surface area contributed by atoms with Gasteiger partial charge in [0.2, 0.25) is 0 Å². The van der Waals surface area contributed by atoms with Gasteiger partial charge >= 0.3 is 0 Å². The number of nitrogens with zero attached hydrogens (tertiary/aromatic N) is 2. The Kier molecular flexibility index (Phi) is 4.40. The van der Waals surface area contributed by atoms with Gasteiger partial charge < -0.3 is 10.2 Å². The molecule has 1 saturated heterocycles. The van der Waals surface area contributed by atoms with Crippen molar-refractivity contribution >= 4 is 11.6 Å². The minimum Gasteiger partial charge on any atom is -0.386 e. The fourth-order valence-corrected chi connectivity index (χ4v) is 2.72. The van der Waals surface area contributed by atoms with E-state index in [0.717, 1.165) is 43.1 Å². The summed E-state index contributed by atoms with van der Waals surface area (Å²) in [5.41, 5.74) is 1.53. The third-order valence-electron chi connectivity index (χ3n) is 4.09. The molecule has 1 amide bonds. The quantitative estimate of drug-likeness (QED) is 0.909. The van der Waals surface area contributed by atoms with Gasteiger partial charge in [0.25, 0.3) is 5.91 Å². The molecule has 1 fully saturated rings. The fourth-order valence-electron chi connectivity index (χ4n) is 2.72. The van der Waals surface area contributed by atoms with Crippen LogP contribution in [0.3, 0.4) is 0 Å². The Hall–Kier alpha value is -1.58.